The molecule has 7 heteroatoms. The van der Waals surface area contributed by atoms with Crippen LogP contribution in [-0.2, 0) is 4.79 Å². The number of carboxylic acid groups (broad SMARTS) is 1. The number of hydrogen-bond acceptors (Lipinski definition) is 5. The summed E-state index contributed by atoms with van der Waals surface area (Å²) in [6, 6.07) is 6.78. The number of hydrogen-bond donors (Lipinski definition) is 1. The number of carboxylic acids is 1. The molecule has 1 saturated heterocycles. The quantitative estimate of drug-likeness (QED) is 0.655. The number of nitro benzene ring substituents is 1. The van der Waals surface area contributed by atoms with Gasteiger partial charge in [-0.2, -0.15) is 0 Å². The van der Waals surface area contributed by atoms with E-state index in [4.69, 9.17) is 5.11 Å². The number of benzene rings is 1. The first kappa shape index (κ1) is 15.2. The Bertz CT molecular complexity index is 535. The van der Waals surface area contributed by atoms with Crippen molar-refractivity contribution in [1.29, 1.82) is 0 Å². The van der Waals surface area contributed by atoms with Gasteiger partial charge in [0.25, 0.3) is 5.69 Å². The molecule has 1 unspecified atom stereocenters. The Hall–Kier alpha value is -2.15. The number of piperazine rings is 1. The third-order valence-electron chi connectivity index (χ3n) is 3.83. The average Bonchev–Trinajstić information content (AvgIpc) is 2.47. The zero-order chi connectivity index (χ0) is 15.4. The molecule has 1 aromatic rings. The van der Waals surface area contributed by atoms with Crippen molar-refractivity contribution in [2.75, 3.05) is 31.1 Å². The first-order valence-electron chi connectivity index (χ1n) is 6.97. The van der Waals surface area contributed by atoms with Gasteiger partial charge in [0, 0.05) is 31.7 Å². The van der Waals surface area contributed by atoms with Crippen LogP contribution in [0.2, 0.25) is 0 Å². The molecule has 0 bridgehead atoms. The number of para-hydroxylation sites is 2. The van der Waals surface area contributed by atoms with Crippen molar-refractivity contribution in [1.82, 2.24) is 4.90 Å². The first-order chi connectivity index (χ1) is 10.0. The lowest BCUT2D eigenvalue weighted by Gasteiger charge is -2.41. The summed E-state index contributed by atoms with van der Waals surface area (Å²) in [4.78, 5) is 25.5. The van der Waals surface area contributed by atoms with Crippen LogP contribution in [0.15, 0.2) is 24.3 Å². The predicted octanol–water partition coefficient (Wildman–Crippen LogP) is 1.58. The second kappa shape index (κ2) is 6.53. The first-order valence-corrected chi connectivity index (χ1v) is 6.97. The smallest absolute Gasteiger partial charge is 0.317 e. The normalized spacial score (nSPS) is 19.5. The molecule has 1 N–H and O–H groups in total. The molecular formula is C14H19N3O4. The van der Waals surface area contributed by atoms with Gasteiger partial charge in [0.15, 0.2) is 0 Å². The molecular weight excluding hydrogens is 274 g/mol. The Morgan fingerprint density at radius 2 is 2.14 bits per heavy atom. The largest absolute Gasteiger partial charge is 0.480 e. The van der Waals surface area contributed by atoms with Crippen molar-refractivity contribution in [3.8, 4) is 0 Å². The zero-order valence-electron chi connectivity index (χ0n) is 11.9. The Morgan fingerprint density at radius 1 is 1.43 bits per heavy atom. The van der Waals surface area contributed by atoms with Crippen molar-refractivity contribution < 1.29 is 14.8 Å². The van der Waals surface area contributed by atoms with Gasteiger partial charge in [-0.15, -0.1) is 0 Å². The van der Waals surface area contributed by atoms with Crippen molar-refractivity contribution in [3.05, 3.63) is 34.4 Å². The lowest BCUT2D eigenvalue weighted by Crippen LogP contribution is -2.54. The fourth-order valence-electron chi connectivity index (χ4n) is 2.77. The molecule has 21 heavy (non-hydrogen) atoms. The molecule has 0 radical (unpaired) electrons. The van der Waals surface area contributed by atoms with Gasteiger partial charge in [0.1, 0.15) is 5.69 Å². The molecule has 1 aliphatic rings. The minimum Gasteiger partial charge on any atom is -0.480 e. The number of carbonyl (C=O) groups is 1. The number of rotatable bonds is 5. The molecule has 2 rings (SSSR count). The third-order valence-corrected chi connectivity index (χ3v) is 3.83. The summed E-state index contributed by atoms with van der Waals surface area (Å²) >= 11 is 0. The molecule has 7 nitrogen and oxygen atoms in total. The lowest BCUT2D eigenvalue weighted by atomic mass is 10.1. The summed E-state index contributed by atoms with van der Waals surface area (Å²) in [7, 11) is 0. The van der Waals surface area contributed by atoms with Crippen molar-refractivity contribution in [3.63, 3.8) is 0 Å². The topological polar surface area (TPSA) is 86.9 Å². The standard InChI is InChI=1S/C14H19N3O4/c1-2-11-9-16(8-7-15(11)10-14(18)19)12-5-3-4-6-13(12)17(20)21/h3-6,11H,2,7-10H2,1H3,(H,18,19). The van der Waals surface area contributed by atoms with Crippen LogP contribution < -0.4 is 4.90 Å². The van der Waals surface area contributed by atoms with E-state index in [1.54, 1.807) is 18.2 Å². The fourth-order valence-corrected chi connectivity index (χ4v) is 2.77. The van der Waals surface area contributed by atoms with E-state index in [1.165, 1.54) is 6.07 Å². The Labute approximate surface area is 122 Å². The van der Waals surface area contributed by atoms with Crippen LogP contribution >= 0.6 is 0 Å². The highest BCUT2D eigenvalue weighted by Gasteiger charge is 2.29. The zero-order valence-corrected chi connectivity index (χ0v) is 11.9. The second-order valence-corrected chi connectivity index (χ2v) is 5.12. The molecule has 1 aliphatic heterocycles. The van der Waals surface area contributed by atoms with E-state index in [9.17, 15) is 14.9 Å². The molecule has 1 fully saturated rings. The van der Waals surface area contributed by atoms with Gasteiger partial charge in [0.05, 0.1) is 11.5 Å². The summed E-state index contributed by atoms with van der Waals surface area (Å²) < 4.78 is 0. The van der Waals surface area contributed by atoms with E-state index in [2.05, 4.69) is 0 Å². The van der Waals surface area contributed by atoms with Gasteiger partial charge in [-0.05, 0) is 12.5 Å². The number of nitro groups is 1. The number of nitrogens with zero attached hydrogens (tertiary/aromatic N) is 3. The van der Waals surface area contributed by atoms with Crippen LogP contribution in [0.4, 0.5) is 11.4 Å². The molecule has 1 atom stereocenters. The Kier molecular flexibility index (Phi) is 4.74. The molecule has 114 valence electrons. The molecule has 1 heterocycles. The van der Waals surface area contributed by atoms with Gasteiger partial charge in [-0.1, -0.05) is 19.1 Å². The molecule has 0 amide bonds. The van der Waals surface area contributed by atoms with Crippen molar-refractivity contribution in [2.24, 2.45) is 0 Å². The highest BCUT2D eigenvalue weighted by Crippen LogP contribution is 2.29. The van der Waals surface area contributed by atoms with Crippen molar-refractivity contribution >= 4 is 17.3 Å². The van der Waals surface area contributed by atoms with Crippen LogP contribution in [0.25, 0.3) is 0 Å². The SMILES string of the molecule is CCC1CN(c2ccccc2[N+](=O)[O-])CCN1CC(=O)O. The van der Waals surface area contributed by atoms with E-state index in [0.717, 1.165) is 6.42 Å². The van der Waals surface area contributed by atoms with Gasteiger partial charge in [-0.3, -0.25) is 19.8 Å². The van der Waals surface area contributed by atoms with E-state index >= 15 is 0 Å². The molecule has 0 aliphatic carbocycles. The highest BCUT2D eigenvalue weighted by molar-refractivity contribution is 5.69. The van der Waals surface area contributed by atoms with Crippen LogP contribution in [0.5, 0.6) is 0 Å². The van der Waals surface area contributed by atoms with Crippen LogP contribution in [0, 0.1) is 10.1 Å². The summed E-state index contributed by atoms with van der Waals surface area (Å²) in [6.07, 6.45) is 0.810. The van der Waals surface area contributed by atoms with Gasteiger partial charge < -0.3 is 10.0 Å². The van der Waals surface area contributed by atoms with E-state index < -0.39 is 5.97 Å². The molecule has 0 aromatic heterocycles. The maximum Gasteiger partial charge on any atom is 0.317 e. The van der Waals surface area contributed by atoms with E-state index in [1.807, 2.05) is 16.7 Å². The average molecular weight is 293 g/mol. The molecule has 0 saturated carbocycles. The second-order valence-electron chi connectivity index (χ2n) is 5.12. The molecule has 0 spiro atoms. The lowest BCUT2D eigenvalue weighted by molar-refractivity contribution is -0.384. The minimum atomic E-state index is -0.840. The maximum absolute atomic E-state index is 11.1. The van der Waals surface area contributed by atoms with E-state index in [0.29, 0.717) is 25.3 Å². The fraction of sp³-hybridized carbons (Fsp3) is 0.500. The summed E-state index contributed by atoms with van der Waals surface area (Å²) in [6.45, 7) is 3.81. The summed E-state index contributed by atoms with van der Waals surface area (Å²) in [5, 5.41) is 20.1. The highest BCUT2D eigenvalue weighted by atomic mass is 16.6. The monoisotopic (exact) mass is 293 g/mol. The maximum atomic E-state index is 11.1. The minimum absolute atomic E-state index is 0.0171. The third kappa shape index (κ3) is 3.49. The summed E-state index contributed by atoms with van der Waals surface area (Å²) in [5.74, 6) is -0.840. The Balaban J connectivity index is 2.17. The number of aliphatic carboxylic acids is 1. The van der Waals surface area contributed by atoms with E-state index in [-0.39, 0.29) is 23.2 Å². The van der Waals surface area contributed by atoms with Gasteiger partial charge in [-0.25, -0.2) is 0 Å². The molecule has 1 aromatic carbocycles. The van der Waals surface area contributed by atoms with Crippen molar-refractivity contribution in [2.45, 2.75) is 19.4 Å². The summed E-state index contributed by atoms with van der Waals surface area (Å²) in [5.41, 5.74) is 0.704. The van der Waals surface area contributed by atoms with Gasteiger partial charge in [0.2, 0.25) is 0 Å². The van der Waals surface area contributed by atoms with Gasteiger partial charge >= 0.3 is 5.97 Å². The number of anilines is 1. The predicted molar refractivity (Wildman–Crippen MR) is 78.6 cm³/mol. The Morgan fingerprint density at radius 3 is 2.76 bits per heavy atom. The van der Waals surface area contributed by atoms with Crippen LogP contribution in [0.3, 0.4) is 0 Å². The van der Waals surface area contributed by atoms with Crippen LogP contribution in [0.1, 0.15) is 13.3 Å². The van der Waals surface area contributed by atoms with Crippen LogP contribution in [-0.4, -0.2) is 53.1 Å².